The summed E-state index contributed by atoms with van der Waals surface area (Å²) in [5, 5.41) is 3.17. The summed E-state index contributed by atoms with van der Waals surface area (Å²) in [5.74, 6) is 0.492. The molecule has 2 rings (SSSR count). The molecule has 1 unspecified atom stereocenters. The summed E-state index contributed by atoms with van der Waals surface area (Å²) in [6, 6.07) is 10.8. The number of halogens is 1. The highest BCUT2D eigenvalue weighted by molar-refractivity contribution is 7.09. The Morgan fingerprint density at radius 3 is 2.67 bits per heavy atom. The highest BCUT2D eigenvalue weighted by atomic mass is 35.5. The summed E-state index contributed by atoms with van der Waals surface area (Å²) in [6.07, 6.45) is 0. The minimum absolute atomic E-state index is 0.312. The maximum Gasteiger partial charge on any atom is 0.110 e. The first-order chi connectivity index (χ1) is 8.70. The molecule has 0 amide bonds. The van der Waals surface area contributed by atoms with E-state index in [0.717, 1.165) is 17.2 Å². The van der Waals surface area contributed by atoms with Gasteiger partial charge in [-0.25, -0.2) is 4.98 Å². The first kappa shape index (κ1) is 13.5. The van der Waals surface area contributed by atoms with Gasteiger partial charge in [-0.1, -0.05) is 30.3 Å². The molecule has 96 valence electrons. The normalized spacial score (nSPS) is 12.9. The standard InChI is InChI=1S/C14H17ClN2S/c1-11(14-16-13(8-15)10-18-14)17(2)9-12-6-4-3-5-7-12/h3-7,10-11H,8-9H2,1-2H3. The van der Waals surface area contributed by atoms with Crippen molar-refractivity contribution in [3.63, 3.8) is 0 Å². The minimum atomic E-state index is 0.312. The largest absolute Gasteiger partial charge is 0.293 e. The molecule has 2 nitrogen and oxygen atoms in total. The Labute approximate surface area is 117 Å². The summed E-state index contributed by atoms with van der Waals surface area (Å²) in [6.45, 7) is 3.11. The van der Waals surface area contributed by atoms with Gasteiger partial charge in [0.15, 0.2) is 0 Å². The average molecular weight is 281 g/mol. The monoisotopic (exact) mass is 280 g/mol. The lowest BCUT2D eigenvalue weighted by atomic mass is 10.2. The summed E-state index contributed by atoms with van der Waals surface area (Å²) in [5.41, 5.74) is 2.29. The Kier molecular flexibility index (Phi) is 4.75. The van der Waals surface area contributed by atoms with Gasteiger partial charge in [-0.3, -0.25) is 4.90 Å². The molecule has 4 heteroatoms. The van der Waals surface area contributed by atoms with E-state index in [2.05, 4.69) is 48.1 Å². The first-order valence-corrected chi connectivity index (χ1v) is 7.36. The number of alkyl halides is 1. The summed E-state index contributed by atoms with van der Waals surface area (Å²) in [7, 11) is 2.12. The zero-order valence-corrected chi connectivity index (χ0v) is 12.2. The van der Waals surface area contributed by atoms with Gasteiger partial charge in [0.05, 0.1) is 17.6 Å². The van der Waals surface area contributed by atoms with Crippen LogP contribution >= 0.6 is 22.9 Å². The van der Waals surface area contributed by atoms with Crippen molar-refractivity contribution in [3.8, 4) is 0 Å². The predicted molar refractivity (Wildman–Crippen MR) is 78.0 cm³/mol. The highest BCUT2D eigenvalue weighted by Gasteiger charge is 2.15. The number of thiazole rings is 1. The molecule has 1 aromatic heterocycles. The lowest BCUT2D eigenvalue weighted by molar-refractivity contribution is 0.252. The van der Waals surface area contributed by atoms with Crippen LogP contribution in [0.2, 0.25) is 0 Å². The third-order valence-corrected chi connectivity index (χ3v) is 4.34. The SMILES string of the molecule is CC(c1nc(CCl)cs1)N(C)Cc1ccccc1. The summed E-state index contributed by atoms with van der Waals surface area (Å²) in [4.78, 5) is 6.83. The molecule has 1 heterocycles. The van der Waals surface area contributed by atoms with Crippen LogP contribution in [0, 0.1) is 0 Å². The van der Waals surface area contributed by atoms with Crippen LogP contribution < -0.4 is 0 Å². The second-order valence-corrected chi connectivity index (χ2v) is 5.54. The number of benzene rings is 1. The second kappa shape index (κ2) is 6.32. The summed E-state index contributed by atoms with van der Waals surface area (Å²) < 4.78 is 0. The first-order valence-electron chi connectivity index (χ1n) is 5.95. The predicted octanol–water partition coefficient (Wildman–Crippen LogP) is 4.07. The molecule has 0 aliphatic heterocycles. The Morgan fingerprint density at radius 2 is 2.06 bits per heavy atom. The molecule has 0 spiro atoms. The van der Waals surface area contributed by atoms with Crippen LogP contribution in [0.15, 0.2) is 35.7 Å². The van der Waals surface area contributed by atoms with Gasteiger partial charge in [-0.05, 0) is 19.5 Å². The van der Waals surface area contributed by atoms with Crippen LogP contribution in [0.4, 0.5) is 0 Å². The molecule has 0 N–H and O–H groups in total. The average Bonchev–Trinajstić information content (AvgIpc) is 2.87. The molecule has 2 aromatic rings. The number of hydrogen-bond donors (Lipinski definition) is 0. The van der Waals surface area contributed by atoms with Gasteiger partial charge in [0.1, 0.15) is 5.01 Å². The van der Waals surface area contributed by atoms with Crippen LogP contribution in [0.25, 0.3) is 0 Å². The van der Waals surface area contributed by atoms with Gasteiger partial charge in [-0.15, -0.1) is 22.9 Å². The molecule has 0 saturated carbocycles. The smallest absolute Gasteiger partial charge is 0.110 e. The Bertz CT molecular complexity index is 484. The highest BCUT2D eigenvalue weighted by Crippen LogP contribution is 2.24. The number of hydrogen-bond acceptors (Lipinski definition) is 3. The molecule has 0 bridgehead atoms. The minimum Gasteiger partial charge on any atom is -0.293 e. The van der Waals surface area contributed by atoms with E-state index in [9.17, 15) is 0 Å². The van der Waals surface area contributed by atoms with Crippen molar-refractivity contribution in [2.24, 2.45) is 0 Å². The van der Waals surface area contributed by atoms with Crippen molar-refractivity contribution in [1.29, 1.82) is 0 Å². The fraction of sp³-hybridized carbons (Fsp3) is 0.357. The lowest BCUT2D eigenvalue weighted by Gasteiger charge is -2.22. The van der Waals surface area contributed by atoms with Gasteiger partial charge in [-0.2, -0.15) is 0 Å². The molecule has 0 saturated heterocycles. The lowest BCUT2D eigenvalue weighted by Crippen LogP contribution is -2.21. The van der Waals surface area contributed by atoms with E-state index in [1.165, 1.54) is 5.56 Å². The van der Waals surface area contributed by atoms with Gasteiger partial charge < -0.3 is 0 Å². The van der Waals surface area contributed by atoms with Crippen LogP contribution in [0.3, 0.4) is 0 Å². The van der Waals surface area contributed by atoms with E-state index in [1.54, 1.807) is 11.3 Å². The zero-order valence-electron chi connectivity index (χ0n) is 10.6. The van der Waals surface area contributed by atoms with E-state index in [4.69, 9.17) is 11.6 Å². The van der Waals surface area contributed by atoms with Gasteiger partial charge in [0.2, 0.25) is 0 Å². The molecule has 18 heavy (non-hydrogen) atoms. The van der Waals surface area contributed by atoms with Crippen molar-refractivity contribution >= 4 is 22.9 Å². The third kappa shape index (κ3) is 3.31. The second-order valence-electron chi connectivity index (χ2n) is 4.39. The number of rotatable bonds is 5. The van der Waals surface area contributed by atoms with Gasteiger partial charge in [0, 0.05) is 11.9 Å². The van der Waals surface area contributed by atoms with Crippen LogP contribution in [-0.2, 0) is 12.4 Å². The van der Waals surface area contributed by atoms with Crippen molar-refractivity contribution < 1.29 is 0 Å². The quantitative estimate of drug-likeness (QED) is 0.768. The van der Waals surface area contributed by atoms with E-state index in [0.29, 0.717) is 11.9 Å². The molecular weight excluding hydrogens is 264 g/mol. The van der Waals surface area contributed by atoms with Gasteiger partial charge in [0.25, 0.3) is 0 Å². The number of nitrogens with zero attached hydrogens (tertiary/aromatic N) is 2. The fourth-order valence-corrected chi connectivity index (χ4v) is 2.94. The maximum atomic E-state index is 5.78. The Morgan fingerprint density at radius 1 is 1.33 bits per heavy atom. The van der Waals surface area contributed by atoms with Gasteiger partial charge >= 0.3 is 0 Å². The summed E-state index contributed by atoms with van der Waals surface area (Å²) >= 11 is 7.47. The topological polar surface area (TPSA) is 16.1 Å². The number of aromatic nitrogens is 1. The molecule has 1 atom stereocenters. The molecule has 1 aromatic carbocycles. The Balaban J connectivity index is 2.02. The van der Waals surface area contributed by atoms with Crippen molar-refractivity contribution in [3.05, 3.63) is 52.0 Å². The van der Waals surface area contributed by atoms with E-state index < -0.39 is 0 Å². The molecule has 0 aliphatic carbocycles. The third-order valence-electron chi connectivity index (χ3n) is 3.00. The van der Waals surface area contributed by atoms with Crippen LogP contribution in [0.1, 0.15) is 29.2 Å². The van der Waals surface area contributed by atoms with Crippen LogP contribution in [0.5, 0.6) is 0 Å². The van der Waals surface area contributed by atoms with E-state index in [-0.39, 0.29) is 0 Å². The molecule has 0 fully saturated rings. The van der Waals surface area contributed by atoms with Crippen molar-refractivity contribution in [2.75, 3.05) is 7.05 Å². The molecule has 0 radical (unpaired) electrons. The molecule has 0 aliphatic rings. The van der Waals surface area contributed by atoms with E-state index >= 15 is 0 Å². The van der Waals surface area contributed by atoms with Crippen LogP contribution in [-0.4, -0.2) is 16.9 Å². The maximum absolute atomic E-state index is 5.78. The van der Waals surface area contributed by atoms with E-state index in [1.807, 2.05) is 11.4 Å². The van der Waals surface area contributed by atoms with Crippen molar-refractivity contribution in [1.82, 2.24) is 9.88 Å². The van der Waals surface area contributed by atoms with Crippen molar-refractivity contribution in [2.45, 2.75) is 25.4 Å². The zero-order chi connectivity index (χ0) is 13.0. The molecular formula is C14H17ClN2S. The Hall–Kier alpha value is -0.900. The fourth-order valence-electron chi connectivity index (χ4n) is 1.77.